The molecular formula is C19H22O6P2. The molecule has 0 aliphatic carbocycles. The van der Waals surface area contributed by atoms with Gasteiger partial charge >= 0.3 is 17.2 Å². The molecule has 144 valence electrons. The maximum atomic E-state index is 5.76. The molecule has 0 N–H and O–H groups in total. The Bertz CT molecular complexity index is 673. The van der Waals surface area contributed by atoms with E-state index >= 15 is 0 Å². The molecule has 1 aromatic carbocycles. The average molecular weight is 408 g/mol. The second-order valence-corrected chi connectivity index (χ2v) is 8.22. The molecule has 0 amide bonds. The van der Waals surface area contributed by atoms with Crippen molar-refractivity contribution in [3.05, 3.63) is 79.6 Å². The van der Waals surface area contributed by atoms with Crippen molar-refractivity contribution in [3.63, 3.8) is 0 Å². The Hall–Kier alpha value is -1.52. The fourth-order valence-corrected chi connectivity index (χ4v) is 4.69. The zero-order chi connectivity index (χ0) is 19.0. The minimum atomic E-state index is -1.48. The van der Waals surface area contributed by atoms with E-state index < -0.39 is 17.2 Å². The zero-order valence-corrected chi connectivity index (χ0v) is 16.6. The molecule has 0 saturated carbocycles. The lowest BCUT2D eigenvalue weighted by Crippen LogP contribution is -2.45. The maximum Gasteiger partial charge on any atom is 0.397 e. The molecule has 1 spiro atoms. The van der Waals surface area contributed by atoms with Crippen LogP contribution in [0, 0.1) is 5.41 Å². The third-order valence-corrected chi connectivity index (χ3v) is 5.80. The topological polar surface area (TPSA) is 55.4 Å². The number of hydrogen-bond donors (Lipinski definition) is 0. The van der Waals surface area contributed by atoms with E-state index in [1.54, 1.807) is 24.3 Å². The fraction of sp³-hybridized carbons (Fsp3) is 0.263. The van der Waals surface area contributed by atoms with Crippen LogP contribution < -0.4 is 4.52 Å². The molecule has 3 rings (SSSR count). The monoisotopic (exact) mass is 408 g/mol. The van der Waals surface area contributed by atoms with Gasteiger partial charge in [-0.25, -0.2) is 0 Å². The van der Waals surface area contributed by atoms with Gasteiger partial charge in [0.25, 0.3) is 0 Å². The van der Waals surface area contributed by atoms with Crippen molar-refractivity contribution in [2.24, 2.45) is 5.41 Å². The van der Waals surface area contributed by atoms with Crippen molar-refractivity contribution >= 4 is 17.2 Å². The van der Waals surface area contributed by atoms with Crippen LogP contribution in [-0.2, 0) is 22.6 Å². The van der Waals surface area contributed by atoms with Crippen LogP contribution in [0.5, 0.6) is 5.75 Å². The molecule has 0 bridgehead atoms. The van der Waals surface area contributed by atoms with E-state index in [2.05, 4.69) is 13.2 Å². The predicted octanol–water partition coefficient (Wildman–Crippen LogP) is 5.43. The molecule has 2 fully saturated rings. The molecule has 2 heterocycles. The van der Waals surface area contributed by atoms with Crippen LogP contribution in [0.1, 0.15) is 0 Å². The first-order valence-electron chi connectivity index (χ1n) is 8.38. The Labute approximate surface area is 162 Å². The highest BCUT2D eigenvalue weighted by Gasteiger charge is 2.44. The Balaban J connectivity index is 1.45. The van der Waals surface area contributed by atoms with E-state index in [-0.39, 0.29) is 5.41 Å². The van der Waals surface area contributed by atoms with Gasteiger partial charge in [0.05, 0.1) is 31.8 Å². The minimum Gasteiger partial charge on any atom is -0.427 e. The first-order valence-corrected chi connectivity index (χ1v) is 10.6. The highest BCUT2D eigenvalue weighted by atomic mass is 31.2. The van der Waals surface area contributed by atoms with Gasteiger partial charge in [-0.05, 0) is 24.3 Å². The molecule has 2 saturated heterocycles. The molecule has 27 heavy (non-hydrogen) atoms. The number of benzene rings is 1. The van der Waals surface area contributed by atoms with Gasteiger partial charge in [-0.2, -0.15) is 0 Å². The predicted molar refractivity (Wildman–Crippen MR) is 106 cm³/mol. The molecular weight excluding hydrogens is 386 g/mol. The summed E-state index contributed by atoms with van der Waals surface area (Å²) < 4.78 is 34.4. The van der Waals surface area contributed by atoms with Gasteiger partial charge in [-0.1, -0.05) is 49.6 Å². The van der Waals surface area contributed by atoms with Gasteiger partial charge in [0.2, 0.25) is 0 Å². The Morgan fingerprint density at radius 1 is 0.926 bits per heavy atom. The van der Waals surface area contributed by atoms with Gasteiger partial charge in [0, 0.05) is 0 Å². The smallest absolute Gasteiger partial charge is 0.397 e. The van der Waals surface area contributed by atoms with Gasteiger partial charge in [0.15, 0.2) is 0 Å². The van der Waals surface area contributed by atoms with E-state index in [1.807, 2.05) is 36.4 Å². The summed E-state index contributed by atoms with van der Waals surface area (Å²) in [5.41, 5.74) is -0.345. The molecule has 6 nitrogen and oxygen atoms in total. The Morgan fingerprint density at radius 2 is 1.56 bits per heavy atom. The van der Waals surface area contributed by atoms with E-state index in [1.165, 1.54) is 0 Å². The van der Waals surface area contributed by atoms with E-state index in [0.717, 1.165) is 5.75 Å². The summed E-state index contributed by atoms with van der Waals surface area (Å²) >= 11 is 0. The van der Waals surface area contributed by atoms with Crippen LogP contribution in [0.2, 0.25) is 0 Å². The van der Waals surface area contributed by atoms with Crippen LogP contribution in [0.4, 0.5) is 0 Å². The van der Waals surface area contributed by atoms with Crippen molar-refractivity contribution in [2.75, 3.05) is 26.4 Å². The van der Waals surface area contributed by atoms with E-state index in [9.17, 15) is 0 Å². The van der Waals surface area contributed by atoms with E-state index in [4.69, 9.17) is 27.1 Å². The van der Waals surface area contributed by atoms with Crippen molar-refractivity contribution in [2.45, 2.75) is 0 Å². The van der Waals surface area contributed by atoms with Gasteiger partial charge in [-0.3, -0.25) is 0 Å². The van der Waals surface area contributed by atoms with Crippen molar-refractivity contribution in [1.82, 2.24) is 0 Å². The zero-order valence-electron chi connectivity index (χ0n) is 14.9. The summed E-state index contributed by atoms with van der Waals surface area (Å²) in [5, 5.41) is 0. The van der Waals surface area contributed by atoms with E-state index in [0.29, 0.717) is 32.2 Å². The van der Waals surface area contributed by atoms with Crippen molar-refractivity contribution < 1.29 is 27.1 Å². The van der Waals surface area contributed by atoms with Crippen LogP contribution >= 0.6 is 17.2 Å². The number of para-hydroxylation sites is 1. The second kappa shape index (κ2) is 10.1. The molecule has 2 aliphatic rings. The number of allylic oxidation sites excluding steroid dienone is 5. The first-order chi connectivity index (χ1) is 13.2. The number of hydrogen-bond acceptors (Lipinski definition) is 6. The lowest BCUT2D eigenvalue weighted by atomic mass is 9.93. The second-order valence-electron chi connectivity index (χ2n) is 5.93. The van der Waals surface area contributed by atoms with Gasteiger partial charge < -0.3 is 27.1 Å². The molecule has 0 radical (unpaired) electrons. The third-order valence-electron chi connectivity index (χ3n) is 3.72. The summed E-state index contributed by atoms with van der Waals surface area (Å²) in [6.07, 6.45) is 8.66. The van der Waals surface area contributed by atoms with Crippen LogP contribution in [0.25, 0.3) is 0 Å². The molecule has 0 atom stereocenters. The molecule has 8 heteroatoms. The lowest BCUT2D eigenvalue weighted by Gasteiger charge is -2.41. The molecule has 0 aromatic heterocycles. The molecule has 0 unspecified atom stereocenters. The van der Waals surface area contributed by atoms with Crippen LogP contribution in [0.15, 0.2) is 79.6 Å². The Morgan fingerprint density at radius 3 is 2.15 bits per heavy atom. The first kappa shape index (κ1) is 20.2. The fourth-order valence-electron chi connectivity index (χ4n) is 2.21. The van der Waals surface area contributed by atoms with Gasteiger partial charge in [0.1, 0.15) is 11.5 Å². The van der Waals surface area contributed by atoms with Crippen LogP contribution in [-0.4, -0.2) is 26.4 Å². The summed E-state index contributed by atoms with van der Waals surface area (Å²) in [7, 11) is -2.89. The SMILES string of the molecule is C=C/C=C\C=C(/C=C)OP1OCC2(CO1)COP(Oc1ccccc1)OC2. The van der Waals surface area contributed by atoms with Crippen molar-refractivity contribution in [1.29, 1.82) is 0 Å². The van der Waals surface area contributed by atoms with Crippen LogP contribution in [0.3, 0.4) is 0 Å². The standard InChI is InChI=1S/C19H22O6P2/c1-3-5-7-10-17(4-2)24-26-20-13-19(14-21-26)15-22-27(23-16-19)25-18-11-8-6-9-12-18/h3-12H,1-2,13-16H2/b7-5-,17-10+. The quantitative estimate of drug-likeness (QED) is 0.341. The Kier molecular flexibility index (Phi) is 7.59. The normalized spacial score (nSPS) is 28.8. The summed E-state index contributed by atoms with van der Waals surface area (Å²) in [4.78, 5) is 0. The highest BCUT2D eigenvalue weighted by Crippen LogP contribution is 2.53. The minimum absolute atomic E-state index is 0.345. The summed E-state index contributed by atoms with van der Waals surface area (Å²) in [5.74, 6) is 1.30. The third kappa shape index (κ3) is 5.98. The summed E-state index contributed by atoms with van der Waals surface area (Å²) in [6, 6.07) is 9.47. The largest absolute Gasteiger partial charge is 0.427 e. The highest BCUT2D eigenvalue weighted by molar-refractivity contribution is 7.42. The van der Waals surface area contributed by atoms with Crippen molar-refractivity contribution in [3.8, 4) is 5.75 Å². The number of rotatable bonds is 7. The maximum absolute atomic E-state index is 5.76. The lowest BCUT2D eigenvalue weighted by molar-refractivity contribution is -0.0693. The average Bonchev–Trinajstić information content (AvgIpc) is 2.72. The summed E-state index contributed by atoms with van der Waals surface area (Å²) in [6.45, 7) is 9.09. The molecule has 1 aromatic rings. The molecule has 2 aliphatic heterocycles. The van der Waals surface area contributed by atoms with Gasteiger partial charge in [-0.15, -0.1) is 0 Å².